The van der Waals surface area contributed by atoms with E-state index in [2.05, 4.69) is 32.6 Å². The molecule has 5 heteroatoms. The quantitative estimate of drug-likeness (QED) is 0.530. The number of hydrogen-bond acceptors (Lipinski definition) is 2. The van der Waals surface area contributed by atoms with Crippen LogP contribution in [0.1, 0.15) is 72.6 Å². The van der Waals surface area contributed by atoms with Crippen molar-refractivity contribution in [2.24, 2.45) is 64.6 Å². The topological polar surface area (TPSA) is 40.5 Å². The zero-order chi connectivity index (χ0) is 23.2. The van der Waals surface area contributed by atoms with Gasteiger partial charge in [0.15, 0.2) is 5.60 Å². The van der Waals surface area contributed by atoms with Crippen LogP contribution in [0.4, 0.5) is 13.2 Å². The second-order valence-corrected chi connectivity index (χ2v) is 12.4. The highest BCUT2D eigenvalue weighted by Crippen LogP contribution is 2.78. The van der Waals surface area contributed by atoms with Gasteiger partial charge < -0.3 is 10.2 Å². The molecule has 0 aromatic heterocycles. The minimum Gasteiger partial charge on any atom is -0.380 e. The predicted octanol–water partition coefficient (Wildman–Crippen LogP) is 5.67. The van der Waals surface area contributed by atoms with Crippen LogP contribution < -0.4 is 0 Å². The van der Waals surface area contributed by atoms with Crippen molar-refractivity contribution >= 4 is 0 Å². The van der Waals surface area contributed by atoms with E-state index >= 15 is 0 Å². The van der Waals surface area contributed by atoms with Crippen molar-refractivity contribution < 1.29 is 23.4 Å². The van der Waals surface area contributed by atoms with Gasteiger partial charge in [-0.1, -0.05) is 26.7 Å². The van der Waals surface area contributed by atoms with Crippen LogP contribution in [0.3, 0.4) is 0 Å². The van der Waals surface area contributed by atoms with Crippen LogP contribution in [0.25, 0.3) is 0 Å². The average molecular weight is 453 g/mol. The van der Waals surface area contributed by atoms with Crippen molar-refractivity contribution in [3.8, 4) is 11.8 Å². The van der Waals surface area contributed by atoms with Crippen LogP contribution in [0, 0.1) is 76.4 Å². The Morgan fingerprint density at radius 3 is 2.34 bits per heavy atom. The molecule has 0 bridgehead atoms. The van der Waals surface area contributed by atoms with Crippen molar-refractivity contribution in [3.63, 3.8) is 0 Å². The molecule has 5 saturated carbocycles. The second kappa shape index (κ2) is 7.38. The summed E-state index contributed by atoms with van der Waals surface area (Å²) < 4.78 is 40.5. The first kappa shape index (κ1) is 23.0. The summed E-state index contributed by atoms with van der Waals surface area (Å²) in [4.78, 5) is 0. The first-order valence-corrected chi connectivity index (χ1v) is 12.8. The molecule has 5 aliphatic rings. The standard InChI is InChI=1S/C27H39F3O2/c1-5-6-20(31)14(2)23-21-15(3)22(21)24-19-8-7-16-13-26(32,27(28,29)30)12-10-17(16)18(19)9-11-25(23,24)4/h14-24,31-32H,7-13H2,1-4H3. The first-order valence-electron chi connectivity index (χ1n) is 12.8. The van der Waals surface area contributed by atoms with Crippen molar-refractivity contribution in [1.29, 1.82) is 0 Å². The minimum atomic E-state index is -4.52. The Balaban J connectivity index is 1.39. The third kappa shape index (κ3) is 3.07. The third-order valence-electron chi connectivity index (χ3n) is 11.3. The van der Waals surface area contributed by atoms with Gasteiger partial charge in [0.2, 0.25) is 0 Å². The summed E-state index contributed by atoms with van der Waals surface area (Å²) in [5.41, 5.74) is -2.28. The van der Waals surface area contributed by atoms with Gasteiger partial charge in [-0.3, -0.25) is 0 Å². The number of halogens is 3. The minimum absolute atomic E-state index is 0.00572. The van der Waals surface area contributed by atoms with Crippen LogP contribution in [0.5, 0.6) is 0 Å². The fourth-order valence-electron chi connectivity index (χ4n) is 10.1. The number of fused-ring (bicyclic) bond motifs is 7. The molecular weight excluding hydrogens is 413 g/mol. The molecule has 0 aromatic rings. The van der Waals surface area contributed by atoms with Gasteiger partial charge in [0.05, 0.1) is 0 Å². The lowest BCUT2D eigenvalue weighted by molar-refractivity contribution is -0.282. The monoisotopic (exact) mass is 452 g/mol. The van der Waals surface area contributed by atoms with Crippen molar-refractivity contribution in [2.45, 2.75) is 90.5 Å². The molecule has 13 unspecified atom stereocenters. The van der Waals surface area contributed by atoms with Crippen LogP contribution in [-0.2, 0) is 0 Å². The van der Waals surface area contributed by atoms with Crippen molar-refractivity contribution in [3.05, 3.63) is 0 Å². The molecule has 0 amide bonds. The van der Waals surface area contributed by atoms with Gasteiger partial charge in [0.1, 0.15) is 6.10 Å². The molecule has 0 radical (unpaired) electrons. The maximum Gasteiger partial charge on any atom is 0.417 e. The van der Waals surface area contributed by atoms with E-state index in [0.29, 0.717) is 53.8 Å². The Kier molecular flexibility index (Phi) is 5.31. The van der Waals surface area contributed by atoms with Gasteiger partial charge in [-0.05, 0) is 116 Å². The lowest BCUT2D eigenvalue weighted by atomic mass is 9.47. The summed E-state index contributed by atoms with van der Waals surface area (Å²) in [6, 6.07) is 0. The van der Waals surface area contributed by atoms with E-state index in [1.807, 2.05) is 0 Å². The van der Waals surface area contributed by atoms with Crippen LogP contribution in [-0.4, -0.2) is 28.1 Å². The highest BCUT2D eigenvalue weighted by atomic mass is 19.4. The van der Waals surface area contributed by atoms with E-state index in [4.69, 9.17) is 0 Å². The zero-order valence-electron chi connectivity index (χ0n) is 19.8. The summed E-state index contributed by atoms with van der Waals surface area (Å²) in [6.45, 7) is 8.78. The van der Waals surface area contributed by atoms with Gasteiger partial charge in [-0.15, -0.1) is 5.92 Å². The number of aliphatic hydroxyl groups excluding tert-OH is 1. The lowest BCUT2D eigenvalue weighted by Crippen LogP contribution is -2.56. The fourth-order valence-corrected chi connectivity index (χ4v) is 10.1. The summed E-state index contributed by atoms with van der Waals surface area (Å²) in [5, 5.41) is 21.1. The van der Waals surface area contributed by atoms with E-state index in [1.54, 1.807) is 6.92 Å². The van der Waals surface area contributed by atoms with Gasteiger partial charge in [0.25, 0.3) is 0 Å². The number of alkyl halides is 3. The Hall–Kier alpha value is -0.730. The van der Waals surface area contributed by atoms with Gasteiger partial charge >= 0.3 is 6.18 Å². The highest BCUT2D eigenvalue weighted by molar-refractivity contribution is 5.22. The first-order chi connectivity index (χ1) is 14.9. The molecule has 5 fully saturated rings. The van der Waals surface area contributed by atoms with E-state index in [9.17, 15) is 23.4 Å². The summed E-state index contributed by atoms with van der Waals surface area (Å²) in [5.74, 6) is 10.6. The average Bonchev–Trinajstić information content (AvgIpc) is 3.24. The molecule has 0 aliphatic heterocycles. The molecule has 0 spiro atoms. The number of aliphatic hydroxyl groups is 2. The Labute approximate surface area is 190 Å². The Morgan fingerprint density at radius 2 is 1.69 bits per heavy atom. The molecule has 0 heterocycles. The summed E-state index contributed by atoms with van der Waals surface area (Å²) >= 11 is 0. The molecule has 2 N–H and O–H groups in total. The van der Waals surface area contributed by atoms with Gasteiger partial charge in [-0.2, -0.15) is 13.2 Å². The molecule has 2 nitrogen and oxygen atoms in total. The largest absolute Gasteiger partial charge is 0.417 e. The van der Waals surface area contributed by atoms with Gasteiger partial charge in [0, 0.05) is 0 Å². The maximum absolute atomic E-state index is 13.5. The van der Waals surface area contributed by atoms with Crippen LogP contribution >= 0.6 is 0 Å². The van der Waals surface area contributed by atoms with Crippen LogP contribution in [0.2, 0.25) is 0 Å². The molecule has 0 saturated heterocycles. The summed E-state index contributed by atoms with van der Waals surface area (Å²) in [6.07, 6.45) is -0.777. The molecule has 5 aliphatic carbocycles. The van der Waals surface area contributed by atoms with Gasteiger partial charge in [-0.25, -0.2) is 0 Å². The maximum atomic E-state index is 13.5. The predicted molar refractivity (Wildman–Crippen MR) is 117 cm³/mol. The lowest BCUT2D eigenvalue weighted by Gasteiger charge is -2.59. The SMILES string of the molecule is CC#CC(O)C(C)C1C2C(C)C2C2C3CCC4CC(O)(C(F)(F)F)CCC4C3CCC12C. The van der Waals surface area contributed by atoms with Crippen molar-refractivity contribution in [1.82, 2.24) is 0 Å². The van der Waals surface area contributed by atoms with E-state index in [1.165, 1.54) is 0 Å². The smallest absolute Gasteiger partial charge is 0.380 e. The van der Waals surface area contributed by atoms with E-state index < -0.39 is 17.9 Å². The third-order valence-corrected chi connectivity index (χ3v) is 11.3. The molecule has 13 atom stereocenters. The van der Waals surface area contributed by atoms with E-state index in [-0.39, 0.29) is 30.1 Å². The van der Waals surface area contributed by atoms with Crippen molar-refractivity contribution in [2.75, 3.05) is 0 Å². The second-order valence-electron chi connectivity index (χ2n) is 12.4. The molecule has 180 valence electrons. The molecule has 0 aromatic carbocycles. The molecule has 5 rings (SSSR count). The number of rotatable bonds is 2. The fraction of sp³-hybridized carbons (Fsp3) is 0.926. The normalized spacial score (nSPS) is 53.6. The van der Waals surface area contributed by atoms with E-state index in [0.717, 1.165) is 25.7 Å². The zero-order valence-corrected chi connectivity index (χ0v) is 19.8. The molecule has 32 heavy (non-hydrogen) atoms. The number of hydrogen-bond donors (Lipinski definition) is 2. The Morgan fingerprint density at radius 1 is 1.00 bits per heavy atom. The highest BCUT2D eigenvalue weighted by Gasteiger charge is 2.73. The molecular formula is C27H39F3O2. The Bertz CT molecular complexity index is 814. The summed E-state index contributed by atoms with van der Waals surface area (Å²) in [7, 11) is 0. The van der Waals surface area contributed by atoms with Crippen LogP contribution in [0.15, 0.2) is 0 Å².